The quantitative estimate of drug-likeness (QED) is 0.348. The molecule has 0 fully saturated rings. The van der Waals surface area contributed by atoms with Crippen LogP contribution in [0.4, 0.5) is 0 Å². The maximum absolute atomic E-state index is 13.1. The lowest BCUT2D eigenvalue weighted by Crippen LogP contribution is -2.11. The van der Waals surface area contributed by atoms with Crippen LogP contribution in [-0.4, -0.2) is 26.3 Å². The summed E-state index contributed by atoms with van der Waals surface area (Å²) in [5.74, 6) is 0.0482. The lowest BCUT2D eigenvalue weighted by molar-refractivity contribution is 0.0282. The Labute approximate surface area is 180 Å². The van der Waals surface area contributed by atoms with E-state index in [9.17, 15) is 4.79 Å². The van der Waals surface area contributed by atoms with E-state index >= 15 is 0 Å². The van der Waals surface area contributed by atoms with E-state index in [2.05, 4.69) is 20.3 Å². The maximum atomic E-state index is 13.1. The Kier molecular flexibility index (Phi) is 4.79. The molecule has 1 unspecified atom stereocenters. The molecule has 0 bridgehead atoms. The van der Waals surface area contributed by atoms with Gasteiger partial charge in [0.05, 0.1) is 27.2 Å². The number of carbonyl (C=O) groups is 1. The van der Waals surface area contributed by atoms with Gasteiger partial charge in [0.25, 0.3) is 17.5 Å². The Morgan fingerprint density at radius 2 is 1.97 bits per heavy atom. The number of rotatable bonds is 5. The molecule has 0 saturated heterocycles. The number of thiophene rings is 1. The maximum Gasteiger partial charge on any atom is 0.339 e. The van der Waals surface area contributed by atoms with Crippen LogP contribution in [0.15, 0.2) is 62.9 Å². The second kappa shape index (κ2) is 7.77. The summed E-state index contributed by atoms with van der Waals surface area (Å²) in [7, 11) is 0. The van der Waals surface area contributed by atoms with Gasteiger partial charge in [0.15, 0.2) is 6.10 Å². The fourth-order valence-electron chi connectivity index (χ4n) is 3.19. The Hall–Kier alpha value is -3.85. The lowest BCUT2D eigenvalue weighted by atomic mass is 10.1. The zero-order chi connectivity index (χ0) is 21.4. The fourth-order valence-corrected chi connectivity index (χ4v) is 3.83. The van der Waals surface area contributed by atoms with Crippen LogP contribution in [0, 0.1) is 6.92 Å². The summed E-state index contributed by atoms with van der Waals surface area (Å²) in [6.07, 6.45) is -0.739. The van der Waals surface area contributed by atoms with Crippen molar-refractivity contribution >= 4 is 28.4 Å². The molecule has 1 aromatic carbocycles. The Bertz CT molecular complexity index is 1360. The molecule has 0 spiro atoms. The summed E-state index contributed by atoms with van der Waals surface area (Å²) in [5, 5.41) is 14.5. The van der Waals surface area contributed by atoms with Crippen LogP contribution >= 0.6 is 11.3 Å². The van der Waals surface area contributed by atoms with E-state index in [4.69, 9.17) is 13.7 Å². The molecule has 0 aliphatic carbocycles. The molecule has 5 aromatic rings. The smallest absolute Gasteiger partial charge is 0.339 e. The average molecular weight is 432 g/mol. The predicted molar refractivity (Wildman–Crippen MR) is 113 cm³/mol. The van der Waals surface area contributed by atoms with Crippen molar-refractivity contribution in [1.29, 1.82) is 0 Å². The highest BCUT2D eigenvalue weighted by Crippen LogP contribution is 2.30. The van der Waals surface area contributed by atoms with E-state index in [1.165, 1.54) is 11.3 Å². The van der Waals surface area contributed by atoms with E-state index in [0.717, 1.165) is 10.4 Å². The van der Waals surface area contributed by atoms with Crippen LogP contribution in [0.1, 0.15) is 35.0 Å². The van der Waals surface area contributed by atoms with Crippen molar-refractivity contribution in [2.45, 2.75) is 20.0 Å². The van der Waals surface area contributed by atoms with Crippen molar-refractivity contribution in [1.82, 2.24) is 20.3 Å². The van der Waals surface area contributed by atoms with Crippen LogP contribution < -0.4 is 0 Å². The summed E-state index contributed by atoms with van der Waals surface area (Å²) in [6.45, 7) is 3.43. The summed E-state index contributed by atoms with van der Waals surface area (Å²) < 4.78 is 16.7. The monoisotopic (exact) mass is 432 g/mol. The van der Waals surface area contributed by atoms with Crippen molar-refractivity contribution < 1.29 is 18.5 Å². The van der Waals surface area contributed by atoms with Crippen LogP contribution in [0.3, 0.4) is 0 Å². The number of carbonyl (C=O) groups excluding carboxylic acids is 1. The first-order valence-electron chi connectivity index (χ1n) is 9.51. The molecule has 0 aliphatic heterocycles. The molecule has 0 saturated carbocycles. The number of aromatic nitrogens is 4. The molecule has 0 amide bonds. The number of esters is 1. The van der Waals surface area contributed by atoms with Crippen molar-refractivity contribution in [2.24, 2.45) is 0 Å². The number of pyridine rings is 1. The van der Waals surface area contributed by atoms with E-state index < -0.39 is 12.1 Å². The summed E-state index contributed by atoms with van der Waals surface area (Å²) in [5.41, 5.74) is 2.57. The van der Waals surface area contributed by atoms with Crippen LogP contribution in [0.2, 0.25) is 0 Å². The van der Waals surface area contributed by atoms with Crippen LogP contribution in [-0.2, 0) is 4.74 Å². The number of fused-ring (bicyclic) bond motifs is 1. The summed E-state index contributed by atoms with van der Waals surface area (Å²) >= 11 is 1.49. The molecule has 9 heteroatoms. The number of hydrogen-bond donors (Lipinski definition) is 0. The zero-order valence-electron chi connectivity index (χ0n) is 16.6. The first-order valence-corrected chi connectivity index (χ1v) is 10.4. The second-order valence-electron chi connectivity index (χ2n) is 6.84. The molecular weight excluding hydrogens is 416 g/mol. The van der Waals surface area contributed by atoms with Gasteiger partial charge in [0.2, 0.25) is 0 Å². The van der Waals surface area contributed by atoms with Gasteiger partial charge in [-0.3, -0.25) is 0 Å². The standard InChI is InChI=1S/C22H16N4O4S/c1-12-18-15(11-16(23-21(18)30-26-12)14-7-4-3-5-8-14)22(27)28-13(2)19-24-25-20(29-19)17-9-6-10-31-17/h3-11,13H,1-2H3. The molecule has 0 aliphatic rings. The fraction of sp³-hybridized carbons (Fsp3) is 0.136. The number of benzene rings is 1. The molecule has 154 valence electrons. The van der Waals surface area contributed by atoms with Gasteiger partial charge in [-0.15, -0.1) is 21.5 Å². The predicted octanol–water partition coefficient (Wildman–Crippen LogP) is 5.23. The van der Waals surface area contributed by atoms with E-state index in [0.29, 0.717) is 28.2 Å². The third-order valence-electron chi connectivity index (χ3n) is 4.71. The zero-order valence-corrected chi connectivity index (χ0v) is 17.4. The third-order valence-corrected chi connectivity index (χ3v) is 5.57. The first-order chi connectivity index (χ1) is 15.1. The highest BCUT2D eigenvalue weighted by atomic mass is 32.1. The SMILES string of the molecule is Cc1noc2nc(-c3ccccc3)cc(C(=O)OC(C)c3nnc(-c4cccs4)o3)c12. The van der Waals surface area contributed by atoms with Gasteiger partial charge in [-0.05, 0) is 31.4 Å². The van der Waals surface area contributed by atoms with E-state index in [1.54, 1.807) is 19.9 Å². The number of nitrogens with zero attached hydrogens (tertiary/aromatic N) is 4. The number of ether oxygens (including phenoxy) is 1. The summed E-state index contributed by atoms with van der Waals surface area (Å²) in [4.78, 5) is 18.5. The largest absolute Gasteiger partial charge is 0.449 e. The second-order valence-corrected chi connectivity index (χ2v) is 7.79. The average Bonchev–Trinajstić information content (AvgIpc) is 3.55. The van der Waals surface area contributed by atoms with E-state index in [-0.39, 0.29) is 11.6 Å². The highest BCUT2D eigenvalue weighted by molar-refractivity contribution is 7.13. The Balaban J connectivity index is 1.47. The molecule has 5 rings (SSSR count). The topological polar surface area (TPSA) is 104 Å². The van der Waals surface area contributed by atoms with Crippen LogP contribution in [0.25, 0.3) is 33.1 Å². The molecule has 4 heterocycles. The van der Waals surface area contributed by atoms with Crippen LogP contribution in [0.5, 0.6) is 0 Å². The third kappa shape index (κ3) is 3.59. The minimum absolute atomic E-state index is 0.215. The molecule has 4 aromatic heterocycles. The van der Waals surface area contributed by atoms with Crippen molar-refractivity contribution in [3.63, 3.8) is 0 Å². The van der Waals surface area contributed by atoms with Gasteiger partial charge in [0.1, 0.15) is 0 Å². The van der Waals surface area contributed by atoms with Gasteiger partial charge in [-0.1, -0.05) is 41.6 Å². The molecule has 1 atom stereocenters. The van der Waals surface area contributed by atoms with Crippen molar-refractivity contribution in [3.8, 4) is 22.0 Å². The van der Waals surface area contributed by atoms with Gasteiger partial charge in [-0.25, -0.2) is 9.78 Å². The van der Waals surface area contributed by atoms with E-state index in [1.807, 2.05) is 47.8 Å². The Morgan fingerprint density at radius 1 is 1.13 bits per heavy atom. The minimum Gasteiger partial charge on any atom is -0.449 e. The lowest BCUT2D eigenvalue weighted by Gasteiger charge is -2.11. The minimum atomic E-state index is -0.739. The molecular formula is C22H16N4O4S. The number of hydrogen-bond acceptors (Lipinski definition) is 9. The molecule has 0 radical (unpaired) electrons. The van der Waals surface area contributed by atoms with Gasteiger partial charge in [-0.2, -0.15) is 0 Å². The van der Waals surface area contributed by atoms with Gasteiger partial charge >= 0.3 is 5.97 Å². The van der Waals surface area contributed by atoms with Gasteiger partial charge < -0.3 is 13.7 Å². The van der Waals surface area contributed by atoms with Crippen molar-refractivity contribution in [2.75, 3.05) is 0 Å². The molecule has 8 nitrogen and oxygen atoms in total. The van der Waals surface area contributed by atoms with Gasteiger partial charge in [0, 0.05) is 5.56 Å². The number of aryl methyl sites for hydroxylation is 1. The highest BCUT2D eigenvalue weighted by Gasteiger charge is 2.25. The Morgan fingerprint density at radius 3 is 2.74 bits per heavy atom. The first kappa shape index (κ1) is 19.1. The normalized spacial score (nSPS) is 12.2. The summed E-state index contributed by atoms with van der Waals surface area (Å²) in [6, 6.07) is 15.0. The molecule has 0 N–H and O–H groups in total. The molecule has 31 heavy (non-hydrogen) atoms. The van der Waals surface area contributed by atoms with Crippen molar-refractivity contribution in [3.05, 3.63) is 71.1 Å².